The molecule has 1 saturated heterocycles. The molecule has 0 atom stereocenters. The van der Waals surface area contributed by atoms with Crippen LogP contribution in [0.5, 0.6) is 0 Å². The van der Waals surface area contributed by atoms with Crippen molar-refractivity contribution in [2.45, 2.75) is 46.6 Å². The van der Waals surface area contributed by atoms with E-state index >= 15 is 0 Å². The smallest absolute Gasteiger partial charge is 0.0117 e. The molecule has 0 unspecified atom stereocenters. The molecule has 3 nitrogen and oxygen atoms in total. The summed E-state index contributed by atoms with van der Waals surface area (Å²) in [6.07, 6.45) is 2.67. The van der Waals surface area contributed by atoms with Gasteiger partial charge < -0.3 is 15.1 Å². The fourth-order valence-corrected chi connectivity index (χ4v) is 3.00. The molecule has 1 N–H and O–H groups in total. The van der Waals surface area contributed by atoms with Gasteiger partial charge in [0.15, 0.2) is 0 Å². The SMILES string of the molecule is CCNCC(C)(C)CN(C)C1CCN(CC)CC1. The summed E-state index contributed by atoms with van der Waals surface area (Å²) in [7, 11) is 2.31. The van der Waals surface area contributed by atoms with Crippen molar-refractivity contribution in [1.82, 2.24) is 15.1 Å². The van der Waals surface area contributed by atoms with Gasteiger partial charge in [-0.1, -0.05) is 27.7 Å². The minimum Gasteiger partial charge on any atom is -0.316 e. The van der Waals surface area contributed by atoms with Crippen molar-refractivity contribution in [3.63, 3.8) is 0 Å². The zero-order valence-electron chi connectivity index (χ0n) is 13.1. The Balaban J connectivity index is 2.34. The minimum atomic E-state index is 0.368. The van der Waals surface area contributed by atoms with Crippen LogP contribution >= 0.6 is 0 Å². The highest BCUT2D eigenvalue weighted by Crippen LogP contribution is 2.21. The Morgan fingerprint density at radius 1 is 1.22 bits per heavy atom. The first-order valence-corrected chi connectivity index (χ1v) is 7.62. The van der Waals surface area contributed by atoms with Crippen molar-refractivity contribution in [2.75, 3.05) is 46.3 Å². The number of nitrogens with one attached hydrogen (secondary N) is 1. The molecule has 3 heteroatoms. The highest BCUT2D eigenvalue weighted by atomic mass is 15.2. The molecule has 108 valence electrons. The van der Waals surface area contributed by atoms with E-state index in [1.165, 1.54) is 39.0 Å². The molecular weight excluding hydrogens is 222 g/mol. The van der Waals surface area contributed by atoms with E-state index in [4.69, 9.17) is 0 Å². The quantitative estimate of drug-likeness (QED) is 0.751. The van der Waals surface area contributed by atoms with E-state index in [1.807, 2.05) is 0 Å². The van der Waals surface area contributed by atoms with Gasteiger partial charge in [0.25, 0.3) is 0 Å². The van der Waals surface area contributed by atoms with E-state index < -0.39 is 0 Å². The van der Waals surface area contributed by atoms with Gasteiger partial charge in [0.05, 0.1) is 0 Å². The zero-order valence-corrected chi connectivity index (χ0v) is 13.1. The maximum atomic E-state index is 3.48. The predicted octanol–water partition coefficient (Wildman–Crippen LogP) is 2.04. The lowest BCUT2D eigenvalue weighted by Gasteiger charge is -2.39. The molecule has 0 spiro atoms. The van der Waals surface area contributed by atoms with Crippen LogP contribution < -0.4 is 5.32 Å². The fraction of sp³-hybridized carbons (Fsp3) is 1.00. The molecule has 0 aromatic rings. The summed E-state index contributed by atoms with van der Waals surface area (Å²) in [4.78, 5) is 5.15. The van der Waals surface area contributed by atoms with Gasteiger partial charge in [0, 0.05) is 19.1 Å². The molecule has 0 radical (unpaired) electrons. The summed E-state index contributed by atoms with van der Waals surface area (Å²) in [6.45, 7) is 16.3. The van der Waals surface area contributed by atoms with Crippen molar-refractivity contribution in [3.8, 4) is 0 Å². The Morgan fingerprint density at radius 3 is 2.33 bits per heavy atom. The van der Waals surface area contributed by atoms with Crippen LogP contribution in [-0.4, -0.2) is 62.2 Å². The molecule has 0 saturated carbocycles. The third-order valence-electron chi connectivity index (χ3n) is 4.16. The number of rotatable bonds is 7. The molecule has 1 aliphatic heterocycles. The minimum absolute atomic E-state index is 0.368. The number of hydrogen-bond acceptors (Lipinski definition) is 3. The summed E-state index contributed by atoms with van der Waals surface area (Å²) in [5.41, 5.74) is 0.368. The molecule has 1 heterocycles. The highest BCUT2D eigenvalue weighted by Gasteiger charge is 2.26. The second kappa shape index (κ2) is 7.46. The van der Waals surface area contributed by atoms with Crippen molar-refractivity contribution in [3.05, 3.63) is 0 Å². The molecule has 0 bridgehead atoms. The van der Waals surface area contributed by atoms with Crippen LogP contribution in [0.1, 0.15) is 40.5 Å². The molecule has 0 aromatic heterocycles. The normalized spacial score (nSPS) is 19.7. The van der Waals surface area contributed by atoms with E-state index in [9.17, 15) is 0 Å². The first-order valence-electron chi connectivity index (χ1n) is 7.62. The van der Waals surface area contributed by atoms with Crippen LogP contribution in [0.15, 0.2) is 0 Å². The van der Waals surface area contributed by atoms with Crippen LogP contribution in [0.3, 0.4) is 0 Å². The summed E-state index contributed by atoms with van der Waals surface area (Å²) in [5.74, 6) is 0. The Kier molecular flexibility index (Phi) is 6.61. The Hall–Kier alpha value is -0.120. The molecule has 1 aliphatic rings. The predicted molar refractivity (Wildman–Crippen MR) is 80.1 cm³/mol. The number of nitrogens with zero attached hydrogens (tertiary/aromatic N) is 2. The second-order valence-corrected chi connectivity index (χ2v) is 6.53. The lowest BCUT2D eigenvalue weighted by Crippen LogP contribution is -2.47. The molecule has 1 rings (SSSR count). The van der Waals surface area contributed by atoms with Crippen LogP contribution in [0.2, 0.25) is 0 Å². The second-order valence-electron chi connectivity index (χ2n) is 6.53. The van der Waals surface area contributed by atoms with E-state index in [2.05, 4.69) is 49.9 Å². The molecule has 18 heavy (non-hydrogen) atoms. The van der Waals surface area contributed by atoms with Crippen LogP contribution in [0, 0.1) is 5.41 Å². The van der Waals surface area contributed by atoms with Crippen LogP contribution in [0.4, 0.5) is 0 Å². The standard InChI is InChI=1S/C15H33N3/c1-6-16-12-15(3,4)13-17(5)14-8-10-18(7-2)11-9-14/h14,16H,6-13H2,1-5H3. The van der Waals surface area contributed by atoms with E-state index in [-0.39, 0.29) is 0 Å². The molecule has 0 aromatic carbocycles. The summed E-state index contributed by atoms with van der Waals surface area (Å²) < 4.78 is 0. The molecule has 1 fully saturated rings. The Labute approximate surface area is 114 Å². The summed E-state index contributed by atoms with van der Waals surface area (Å²) in [6, 6.07) is 0.786. The van der Waals surface area contributed by atoms with E-state index in [0.717, 1.165) is 19.1 Å². The van der Waals surface area contributed by atoms with E-state index in [0.29, 0.717) is 5.41 Å². The third kappa shape index (κ3) is 5.25. The maximum Gasteiger partial charge on any atom is 0.0117 e. The Morgan fingerprint density at radius 2 is 1.83 bits per heavy atom. The average Bonchev–Trinajstić information content (AvgIpc) is 2.36. The topological polar surface area (TPSA) is 18.5 Å². The van der Waals surface area contributed by atoms with E-state index in [1.54, 1.807) is 0 Å². The first kappa shape index (κ1) is 15.9. The Bertz CT molecular complexity index is 220. The van der Waals surface area contributed by atoms with Crippen LogP contribution in [-0.2, 0) is 0 Å². The molecule has 0 amide bonds. The van der Waals surface area contributed by atoms with Crippen LogP contribution in [0.25, 0.3) is 0 Å². The molecule has 0 aliphatic carbocycles. The largest absolute Gasteiger partial charge is 0.316 e. The zero-order chi connectivity index (χ0) is 13.6. The number of piperidine rings is 1. The van der Waals surface area contributed by atoms with Gasteiger partial charge in [-0.25, -0.2) is 0 Å². The third-order valence-corrected chi connectivity index (χ3v) is 4.16. The number of likely N-dealkylation sites (tertiary alicyclic amines) is 1. The lowest BCUT2D eigenvalue weighted by atomic mass is 9.91. The van der Waals surface area contributed by atoms with Gasteiger partial charge in [-0.05, 0) is 51.5 Å². The lowest BCUT2D eigenvalue weighted by molar-refractivity contribution is 0.0987. The number of hydrogen-bond donors (Lipinski definition) is 1. The monoisotopic (exact) mass is 255 g/mol. The van der Waals surface area contributed by atoms with Crippen molar-refractivity contribution in [2.24, 2.45) is 5.41 Å². The van der Waals surface area contributed by atoms with Crippen molar-refractivity contribution < 1.29 is 0 Å². The summed E-state index contributed by atoms with van der Waals surface area (Å²) >= 11 is 0. The summed E-state index contributed by atoms with van der Waals surface area (Å²) in [5, 5.41) is 3.48. The van der Waals surface area contributed by atoms with Gasteiger partial charge >= 0.3 is 0 Å². The van der Waals surface area contributed by atoms with Gasteiger partial charge in [-0.2, -0.15) is 0 Å². The van der Waals surface area contributed by atoms with Gasteiger partial charge in [-0.15, -0.1) is 0 Å². The average molecular weight is 255 g/mol. The first-order chi connectivity index (χ1) is 8.48. The van der Waals surface area contributed by atoms with Crippen molar-refractivity contribution in [1.29, 1.82) is 0 Å². The van der Waals surface area contributed by atoms with Crippen molar-refractivity contribution >= 4 is 0 Å². The van der Waals surface area contributed by atoms with Gasteiger partial charge in [-0.3, -0.25) is 0 Å². The highest BCUT2D eigenvalue weighted by molar-refractivity contribution is 4.82. The molecular formula is C15H33N3. The van der Waals surface area contributed by atoms with Gasteiger partial charge in [0.2, 0.25) is 0 Å². The van der Waals surface area contributed by atoms with Gasteiger partial charge in [0.1, 0.15) is 0 Å². The fourth-order valence-electron chi connectivity index (χ4n) is 3.00. The maximum absolute atomic E-state index is 3.48.